The zero-order chi connectivity index (χ0) is 17.9. The Morgan fingerprint density at radius 1 is 1.40 bits per heavy atom. The van der Waals surface area contributed by atoms with Crippen molar-refractivity contribution in [2.75, 3.05) is 25.1 Å². The molecule has 0 spiro atoms. The van der Waals surface area contributed by atoms with Gasteiger partial charge in [-0.25, -0.2) is 8.42 Å². The van der Waals surface area contributed by atoms with E-state index in [0.29, 0.717) is 35.3 Å². The number of hydrogen-bond acceptors (Lipinski definition) is 5. The topological polar surface area (TPSA) is 89.7 Å². The Hall–Kier alpha value is -0.730. The molecule has 1 aromatic rings. The Morgan fingerprint density at radius 2 is 2.08 bits per heavy atom. The molecule has 142 valence electrons. The standard InChI is InChI=1S/C15H20Cl2N2O4S.ClH/c1-24(21,22)7-5-14(18)15(20)19-6-4-11(9-19)23-10-2-3-12(16)13(17)8-10;/h2-3,8,11,14H,4-7,9,18H2,1H3;1H. The quantitative estimate of drug-likeness (QED) is 0.745. The highest BCUT2D eigenvalue weighted by molar-refractivity contribution is 7.90. The third-order valence-corrected chi connectivity index (χ3v) is 5.48. The molecule has 1 aliphatic heterocycles. The maximum atomic E-state index is 12.3. The van der Waals surface area contributed by atoms with Crippen LogP contribution in [-0.4, -0.2) is 56.5 Å². The van der Waals surface area contributed by atoms with Crippen molar-refractivity contribution in [3.8, 4) is 5.75 Å². The summed E-state index contributed by atoms with van der Waals surface area (Å²) in [6, 6.07) is 4.18. The number of amides is 1. The summed E-state index contributed by atoms with van der Waals surface area (Å²) in [6.07, 6.45) is 1.76. The predicted octanol–water partition coefficient (Wildman–Crippen LogP) is 2.16. The average molecular weight is 432 g/mol. The van der Waals surface area contributed by atoms with Crippen molar-refractivity contribution in [2.24, 2.45) is 5.73 Å². The largest absolute Gasteiger partial charge is 0.488 e. The molecule has 1 fully saturated rings. The van der Waals surface area contributed by atoms with Crippen LogP contribution in [0.5, 0.6) is 5.75 Å². The van der Waals surface area contributed by atoms with Gasteiger partial charge in [-0.3, -0.25) is 4.79 Å². The molecule has 0 radical (unpaired) electrons. The smallest absolute Gasteiger partial charge is 0.239 e. The van der Waals surface area contributed by atoms with Crippen molar-refractivity contribution in [3.05, 3.63) is 28.2 Å². The summed E-state index contributed by atoms with van der Waals surface area (Å²) in [4.78, 5) is 13.9. The van der Waals surface area contributed by atoms with Crippen molar-refractivity contribution < 1.29 is 17.9 Å². The van der Waals surface area contributed by atoms with Gasteiger partial charge in [0.25, 0.3) is 0 Å². The molecule has 1 saturated heterocycles. The molecule has 2 N–H and O–H groups in total. The average Bonchev–Trinajstić information content (AvgIpc) is 2.95. The maximum Gasteiger partial charge on any atom is 0.239 e. The first-order valence-corrected chi connectivity index (χ1v) is 10.3. The molecule has 6 nitrogen and oxygen atoms in total. The van der Waals surface area contributed by atoms with Crippen molar-refractivity contribution in [3.63, 3.8) is 0 Å². The third kappa shape index (κ3) is 6.83. The fraction of sp³-hybridized carbons (Fsp3) is 0.533. The van der Waals surface area contributed by atoms with Crippen LogP contribution in [0.25, 0.3) is 0 Å². The van der Waals surface area contributed by atoms with E-state index < -0.39 is 15.9 Å². The van der Waals surface area contributed by atoms with Gasteiger partial charge in [-0.05, 0) is 18.6 Å². The van der Waals surface area contributed by atoms with Gasteiger partial charge in [0.05, 0.1) is 28.4 Å². The van der Waals surface area contributed by atoms with Gasteiger partial charge in [0.2, 0.25) is 5.91 Å². The molecular weight excluding hydrogens is 411 g/mol. The Morgan fingerprint density at radius 3 is 2.68 bits per heavy atom. The molecule has 1 heterocycles. The van der Waals surface area contributed by atoms with E-state index in [1.165, 1.54) is 0 Å². The molecule has 2 atom stereocenters. The Labute approximate surface area is 163 Å². The van der Waals surface area contributed by atoms with E-state index in [2.05, 4.69) is 0 Å². The first-order chi connectivity index (χ1) is 11.2. The SMILES string of the molecule is CS(=O)(=O)CCC(N)C(=O)N1CCC(Oc2ccc(Cl)c(Cl)c2)C1.Cl. The summed E-state index contributed by atoms with van der Waals surface area (Å²) in [5, 5.41) is 0.854. The minimum atomic E-state index is -3.13. The van der Waals surface area contributed by atoms with E-state index in [9.17, 15) is 13.2 Å². The molecule has 10 heteroatoms. The number of benzene rings is 1. The summed E-state index contributed by atoms with van der Waals surface area (Å²) in [5.41, 5.74) is 5.81. The molecule has 0 aromatic heterocycles. The van der Waals surface area contributed by atoms with Gasteiger partial charge < -0.3 is 15.4 Å². The maximum absolute atomic E-state index is 12.3. The molecule has 2 rings (SSSR count). The second-order valence-electron chi connectivity index (χ2n) is 5.91. The van der Waals surface area contributed by atoms with Crippen LogP contribution < -0.4 is 10.5 Å². The highest BCUT2D eigenvalue weighted by Gasteiger charge is 2.30. The molecule has 2 unspecified atom stereocenters. The van der Waals surface area contributed by atoms with Crippen LogP contribution in [0.4, 0.5) is 0 Å². The van der Waals surface area contributed by atoms with Crippen LogP contribution in [-0.2, 0) is 14.6 Å². The van der Waals surface area contributed by atoms with Crippen molar-refractivity contribution in [1.82, 2.24) is 4.90 Å². The van der Waals surface area contributed by atoms with Gasteiger partial charge >= 0.3 is 0 Å². The van der Waals surface area contributed by atoms with Gasteiger partial charge in [0.15, 0.2) is 0 Å². The molecular formula is C15H21Cl3N2O4S. The van der Waals surface area contributed by atoms with Gasteiger partial charge in [0, 0.05) is 25.3 Å². The normalized spacial score (nSPS) is 18.6. The fourth-order valence-corrected chi connectivity index (χ4v) is 3.44. The number of ether oxygens (including phenoxy) is 1. The van der Waals surface area contributed by atoms with Gasteiger partial charge in [-0.15, -0.1) is 12.4 Å². The Bertz CT molecular complexity index is 715. The number of hydrogen-bond donors (Lipinski definition) is 1. The molecule has 0 saturated carbocycles. The van der Waals surface area contributed by atoms with E-state index in [-0.39, 0.29) is 36.6 Å². The summed E-state index contributed by atoms with van der Waals surface area (Å²) >= 11 is 11.8. The predicted molar refractivity (Wildman–Crippen MR) is 102 cm³/mol. The van der Waals surface area contributed by atoms with Crippen LogP contribution in [0, 0.1) is 0 Å². The number of nitrogens with zero attached hydrogens (tertiary/aromatic N) is 1. The summed E-state index contributed by atoms with van der Waals surface area (Å²) in [6.45, 7) is 0.934. The minimum Gasteiger partial charge on any atom is -0.488 e. The summed E-state index contributed by atoms with van der Waals surface area (Å²) < 4.78 is 28.1. The van der Waals surface area contributed by atoms with Crippen LogP contribution in [0.15, 0.2) is 18.2 Å². The number of carbonyl (C=O) groups excluding carboxylic acids is 1. The van der Waals surface area contributed by atoms with Crippen LogP contribution in [0.3, 0.4) is 0 Å². The number of nitrogens with two attached hydrogens (primary N) is 1. The minimum absolute atomic E-state index is 0. The van der Waals surface area contributed by atoms with E-state index in [1.54, 1.807) is 23.1 Å². The molecule has 0 bridgehead atoms. The molecule has 25 heavy (non-hydrogen) atoms. The third-order valence-electron chi connectivity index (χ3n) is 3.77. The molecule has 1 amide bonds. The Kier molecular flexibility index (Phi) is 8.28. The molecule has 0 aliphatic carbocycles. The number of sulfone groups is 1. The summed E-state index contributed by atoms with van der Waals surface area (Å²) in [5.74, 6) is 0.237. The number of likely N-dealkylation sites (tertiary alicyclic amines) is 1. The second-order valence-corrected chi connectivity index (χ2v) is 8.99. The van der Waals surface area contributed by atoms with Crippen LogP contribution >= 0.6 is 35.6 Å². The Balaban J connectivity index is 0.00000312. The van der Waals surface area contributed by atoms with Gasteiger partial charge in [-0.2, -0.15) is 0 Å². The summed E-state index contributed by atoms with van der Waals surface area (Å²) in [7, 11) is -3.13. The lowest BCUT2D eigenvalue weighted by Crippen LogP contribution is -2.44. The van der Waals surface area contributed by atoms with E-state index in [1.807, 2.05) is 0 Å². The van der Waals surface area contributed by atoms with E-state index in [0.717, 1.165) is 6.26 Å². The first kappa shape index (κ1) is 22.3. The second kappa shape index (κ2) is 9.28. The highest BCUT2D eigenvalue weighted by atomic mass is 35.5. The van der Waals surface area contributed by atoms with E-state index >= 15 is 0 Å². The molecule has 1 aliphatic rings. The fourth-order valence-electron chi connectivity index (χ4n) is 2.47. The van der Waals surface area contributed by atoms with Crippen molar-refractivity contribution in [2.45, 2.75) is 25.0 Å². The van der Waals surface area contributed by atoms with Crippen molar-refractivity contribution in [1.29, 1.82) is 0 Å². The zero-order valence-electron chi connectivity index (χ0n) is 13.7. The lowest BCUT2D eigenvalue weighted by atomic mass is 10.2. The van der Waals surface area contributed by atoms with Gasteiger partial charge in [-0.1, -0.05) is 23.2 Å². The van der Waals surface area contributed by atoms with Crippen LogP contribution in [0.1, 0.15) is 12.8 Å². The van der Waals surface area contributed by atoms with Crippen molar-refractivity contribution >= 4 is 51.4 Å². The number of rotatable bonds is 6. The zero-order valence-corrected chi connectivity index (χ0v) is 16.8. The van der Waals surface area contributed by atoms with E-state index in [4.69, 9.17) is 33.7 Å². The highest BCUT2D eigenvalue weighted by Crippen LogP contribution is 2.28. The van der Waals surface area contributed by atoms with Crippen LogP contribution in [0.2, 0.25) is 10.0 Å². The monoisotopic (exact) mass is 430 g/mol. The number of carbonyl (C=O) groups is 1. The van der Waals surface area contributed by atoms with Gasteiger partial charge in [0.1, 0.15) is 21.7 Å². The lowest BCUT2D eigenvalue weighted by Gasteiger charge is -2.21. The lowest BCUT2D eigenvalue weighted by molar-refractivity contribution is -0.131. The first-order valence-electron chi connectivity index (χ1n) is 7.49. The molecule has 1 aromatic carbocycles. The number of halogens is 3.